The molecule has 0 saturated carbocycles. The van der Waals surface area contributed by atoms with E-state index in [-0.39, 0.29) is 24.0 Å². The number of carbonyl (C=O) groups is 3. The van der Waals surface area contributed by atoms with E-state index in [2.05, 4.69) is 35.0 Å². The summed E-state index contributed by atoms with van der Waals surface area (Å²) in [6.07, 6.45) is 5.06. The van der Waals surface area contributed by atoms with Crippen LogP contribution in [0.4, 0.5) is 21.0 Å². The fourth-order valence-corrected chi connectivity index (χ4v) is 7.62. The number of halogens is 1. The third-order valence-electron chi connectivity index (χ3n) is 9.26. The van der Waals surface area contributed by atoms with E-state index in [0.717, 1.165) is 42.5 Å². The minimum atomic E-state index is -0.722. The van der Waals surface area contributed by atoms with E-state index in [1.54, 1.807) is 22.3 Å². The van der Waals surface area contributed by atoms with Gasteiger partial charge in [-0.05, 0) is 80.8 Å². The van der Waals surface area contributed by atoms with Crippen LogP contribution in [0.5, 0.6) is 0 Å². The van der Waals surface area contributed by atoms with E-state index >= 15 is 0 Å². The van der Waals surface area contributed by atoms with E-state index in [1.165, 1.54) is 5.56 Å². The van der Waals surface area contributed by atoms with E-state index < -0.39 is 6.04 Å². The number of carbonyl (C=O) groups excluding carboxylic acids is 3. The molecule has 12 heteroatoms. The topological polar surface area (TPSA) is 114 Å². The highest BCUT2D eigenvalue weighted by Gasteiger charge is 2.34. The van der Waals surface area contributed by atoms with Crippen LogP contribution in [-0.2, 0) is 24.1 Å². The zero-order valence-corrected chi connectivity index (χ0v) is 27.0. The molecule has 43 heavy (non-hydrogen) atoms. The molecule has 0 spiro atoms. The molecule has 0 aliphatic carbocycles. The third kappa shape index (κ3) is 7.21. The monoisotopic (exact) mass is 629 g/mol. The van der Waals surface area contributed by atoms with Gasteiger partial charge in [-0.15, -0.1) is 11.3 Å². The Morgan fingerprint density at radius 3 is 2.47 bits per heavy atom. The van der Waals surface area contributed by atoms with Crippen LogP contribution in [-0.4, -0.2) is 103 Å². The van der Waals surface area contributed by atoms with Crippen molar-refractivity contribution in [2.45, 2.75) is 70.0 Å². The van der Waals surface area contributed by atoms with Gasteiger partial charge in [0.2, 0.25) is 5.91 Å². The first-order valence-electron chi connectivity index (χ1n) is 15.3. The van der Waals surface area contributed by atoms with Gasteiger partial charge in [-0.2, -0.15) is 0 Å². The molecule has 2 aromatic rings. The van der Waals surface area contributed by atoms with Crippen molar-refractivity contribution in [1.29, 1.82) is 0 Å². The third-order valence-corrected chi connectivity index (χ3v) is 10.4. The van der Waals surface area contributed by atoms with Gasteiger partial charge in [0.15, 0.2) is 0 Å². The Morgan fingerprint density at radius 2 is 1.79 bits per heavy atom. The molecule has 0 bridgehead atoms. The Labute approximate surface area is 263 Å². The highest BCUT2D eigenvalue weighted by atomic mass is 35.5. The Kier molecular flexibility index (Phi) is 10.0. The van der Waals surface area contributed by atoms with E-state index in [9.17, 15) is 14.4 Å². The summed E-state index contributed by atoms with van der Waals surface area (Å²) in [5, 5.41) is 10.7. The summed E-state index contributed by atoms with van der Waals surface area (Å²) in [7, 11) is 4.15. The van der Waals surface area contributed by atoms with Gasteiger partial charge in [-0.1, -0.05) is 24.6 Å². The second-order valence-electron chi connectivity index (χ2n) is 12.1. The second-order valence-corrected chi connectivity index (χ2v) is 13.3. The van der Waals surface area contributed by atoms with Crippen molar-refractivity contribution in [3.05, 3.63) is 44.6 Å². The normalized spacial score (nSPS) is 19.2. The first-order chi connectivity index (χ1) is 20.6. The average molecular weight is 630 g/mol. The molecule has 3 aliphatic heterocycles. The Morgan fingerprint density at radius 1 is 1.09 bits per heavy atom. The van der Waals surface area contributed by atoms with Crippen molar-refractivity contribution >= 4 is 52.3 Å². The summed E-state index contributed by atoms with van der Waals surface area (Å²) < 4.78 is 0. The highest BCUT2D eigenvalue weighted by molar-refractivity contribution is 7.08. The Hall–Kier alpha value is -3.02. The molecule has 234 valence electrons. The number of nitrogens with two attached hydrogens (primary N) is 1. The van der Waals surface area contributed by atoms with Crippen molar-refractivity contribution in [2.75, 3.05) is 57.9 Å². The van der Waals surface area contributed by atoms with Gasteiger partial charge in [0.1, 0.15) is 6.04 Å². The minimum absolute atomic E-state index is 0.0662. The van der Waals surface area contributed by atoms with Crippen molar-refractivity contribution in [3.63, 3.8) is 0 Å². The van der Waals surface area contributed by atoms with E-state index in [1.807, 2.05) is 28.2 Å². The summed E-state index contributed by atoms with van der Waals surface area (Å²) in [6.45, 7) is 5.04. The van der Waals surface area contributed by atoms with Crippen molar-refractivity contribution in [3.8, 4) is 0 Å². The Bertz CT molecular complexity index is 1320. The molecule has 1 aromatic carbocycles. The van der Waals surface area contributed by atoms with Gasteiger partial charge in [-0.25, -0.2) is 9.59 Å². The number of hydrogen-bond donors (Lipinski definition) is 3. The van der Waals surface area contributed by atoms with Crippen molar-refractivity contribution in [2.24, 2.45) is 0 Å². The van der Waals surface area contributed by atoms with Crippen molar-refractivity contribution in [1.82, 2.24) is 24.9 Å². The number of benzene rings is 1. The molecule has 2 fully saturated rings. The number of piperidine rings is 2. The standard InChI is InChI=1S/C31H44ClN7O3S/c1-4-21-15-20(16-25(32)28(21)33)17-26(29(40)37-10-6-23(7-11-37)36(2)3)34-30(41)38-12-8-24(9-13-38)39-14-5-22-18-43-19-27(22)35-31(39)42/h15-16,18-19,23-24,26H,4-14,17,33H2,1-3H3,(H,34,41)(H,35,42)/t26-/m1/s1. The molecule has 1 aromatic heterocycles. The van der Waals surface area contributed by atoms with Gasteiger partial charge in [0.05, 0.1) is 16.4 Å². The quantitative estimate of drug-likeness (QED) is 0.396. The van der Waals surface area contributed by atoms with Crippen LogP contribution in [0.15, 0.2) is 22.9 Å². The lowest BCUT2D eigenvalue weighted by molar-refractivity contribution is -0.134. The minimum Gasteiger partial charge on any atom is -0.397 e. The number of anilines is 2. The van der Waals surface area contributed by atoms with Crippen LogP contribution >= 0.6 is 22.9 Å². The SMILES string of the molecule is CCc1cc(C[C@@H](NC(=O)N2CCC(N3CCc4cscc4NC3=O)CC2)C(=O)N2CCC(N(C)C)CC2)cc(Cl)c1N. The molecule has 10 nitrogen and oxygen atoms in total. The van der Waals surface area contributed by atoms with Gasteiger partial charge >= 0.3 is 12.1 Å². The number of nitrogens with one attached hydrogen (secondary N) is 2. The fraction of sp³-hybridized carbons (Fsp3) is 0.581. The van der Waals surface area contributed by atoms with E-state index in [0.29, 0.717) is 68.7 Å². The molecular weight excluding hydrogens is 586 g/mol. The maximum absolute atomic E-state index is 13.9. The molecular formula is C31H44ClN7O3S. The van der Waals surface area contributed by atoms with Crippen LogP contribution in [0.3, 0.4) is 0 Å². The smallest absolute Gasteiger partial charge is 0.322 e. The maximum Gasteiger partial charge on any atom is 0.322 e. The first-order valence-corrected chi connectivity index (χ1v) is 16.7. The fourth-order valence-electron chi connectivity index (χ4n) is 6.53. The van der Waals surface area contributed by atoms with Gasteiger partial charge < -0.3 is 36.0 Å². The van der Waals surface area contributed by atoms with Gasteiger partial charge in [-0.3, -0.25) is 4.79 Å². The number of nitrogens with zero attached hydrogens (tertiary/aromatic N) is 4. The zero-order chi connectivity index (χ0) is 30.7. The number of nitrogen functional groups attached to an aromatic ring is 1. The predicted octanol–water partition coefficient (Wildman–Crippen LogP) is 4.27. The summed E-state index contributed by atoms with van der Waals surface area (Å²) >= 11 is 8.05. The van der Waals surface area contributed by atoms with Gasteiger partial charge in [0, 0.05) is 56.6 Å². The van der Waals surface area contributed by atoms with Crippen LogP contribution in [0.25, 0.3) is 0 Å². The number of likely N-dealkylation sites (tertiary alicyclic amines) is 2. The summed E-state index contributed by atoms with van der Waals surface area (Å²) in [5.74, 6) is -0.0694. The molecule has 4 heterocycles. The molecule has 3 aliphatic rings. The molecule has 0 unspecified atom stereocenters. The van der Waals surface area contributed by atoms with Crippen LogP contribution < -0.4 is 16.4 Å². The average Bonchev–Trinajstić information content (AvgIpc) is 3.38. The van der Waals surface area contributed by atoms with Crippen LogP contribution in [0, 0.1) is 0 Å². The molecule has 4 N–H and O–H groups in total. The van der Waals surface area contributed by atoms with Crippen molar-refractivity contribution < 1.29 is 14.4 Å². The molecule has 1 atom stereocenters. The Balaban J connectivity index is 1.24. The zero-order valence-electron chi connectivity index (χ0n) is 25.4. The summed E-state index contributed by atoms with van der Waals surface area (Å²) in [6, 6.07) is 3.26. The number of hydrogen-bond acceptors (Lipinski definition) is 6. The number of rotatable bonds is 7. The molecule has 2 saturated heterocycles. The van der Waals surface area contributed by atoms with Crippen LogP contribution in [0.2, 0.25) is 5.02 Å². The second kappa shape index (κ2) is 13.7. The van der Waals surface area contributed by atoms with Crippen LogP contribution in [0.1, 0.15) is 49.3 Å². The number of fused-ring (bicyclic) bond motifs is 1. The van der Waals surface area contributed by atoms with E-state index in [4.69, 9.17) is 17.3 Å². The van der Waals surface area contributed by atoms with Gasteiger partial charge in [0.25, 0.3) is 0 Å². The predicted molar refractivity (Wildman–Crippen MR) is 173 cm³/mol. The molecule has 5 amide bonds. The lowest BCUT2D eigenvalue weighted by atomic mass is 9.98. The largest absolute Gasteiger partial charge is 0.397 e. The highest BCUT2D eigenvalue weighted by Crippen LogP contribution is 2.29. The lowest BCUT2D eigenvalue weighted by Gasteiger charge is -2.39. The number of thiophene rings is 1. The first kappa shape index (κ1) is 31.4. The number of aryl methyl sites for hydroxylation is 1. The maximum atomic E-state index is 13.9. The lowest BCUT2D eigenvalue weighted by Crippen LogP contribution is -2.57. The molecule has 0 radical (unpaired) electrons. The number of urea groups is 2. The number of amides is 5. The summed E-state index contributed by atoms with van der Waals surface area (Å²) in [4.78, 5) is 48.2. The summed E-state index contributed by atoms with van der Waals surface area (Å²) in [5.41, 5.74) is 10.6. The molecule has 5 rings (SSSR count).